The molecule has 1 atom stereocenters. The number of carbonyl (C=O) groups excluding carboxylic acids is 2. The Morgan fingerprint density at radius 1 is 1.27 bits per heavy atom. The van der Waals surface area contributed by atoms with E-state index < -0.39 is 0 Å². The third-order valence-electron chi connectivity index (χ3n) is 4.87. The first kappa shape index (κ1) is 18.3. The van der Waals surface area contributed by atoms with Gasteiger partial charge >= 0.3 is 5.97 Å². The van der Waals surface area contributed by atoms with Crippen LogP contribution in [-0.4, -0.2) is 34.1 Å². The molecule has 26 heavy (non-hydrogen) atoms. The van der Waals surface area contributed by atoms with Crippen molar-refractivity contribution >= 4 is 11.8 Å². The van der Waals surface area contributed by atoms with Gasteiger partial charge in [-0.15, -0.1) is 0 Å². The second-order valence-corrected chi connectivity index (χ2v) is 6.64. The molecule has 0 bridgehead atoms. The number of aryl methyl sites for hydroxylation is 1. The lowest BCUT2D eigenvalue weighted by atomic mass is 10.0. The zero-order valence-electron chi connectivity index (χ0n) is 15.9. The molecule has 3 heterocycles. The molecule has 0 fully saturated rings. The summed E-state index contributed by atoms with van der Waals surface area (Å²) in [5, 5.41) is 0. The van der Waals surface area contributed by atoms with Crippen LogP contribution in [0.5, 0.6) is 5.88 Å². The number of carbonyl (C=O) groups is 2. The zero-order chi connectivity index (χ0) is 18.8. The lowest BCUT2D eigenvalue weighted by Gasteiger charge is -2.10. The van der Waals surface area contributed by atoms with Gasteiger partial charge in [0, 0.05) is 25.4 Å². The fourth-order valence-corrected chi connectivity index (χ4v) is 3.62. The van der Waals surface area contributed by atoms with Crippen molar-refractivity contribution in [3.63, 3.8) is 0 Å². The van der Waals surface area contributed by atoms with Crippen LogP contribution in [0, 0.1) is 6.92 Å². The number of ether oxygens (including phenoxy) is 2. The van der Waals surface area contributed by atoms with Crippen molar-refractivity contribution in [2.75, 3.05) is 13.2 Å². The molecule has 1 aliphatic rings. The Balaban J connectivity index is 1.92. The number of esters is 1. The van der Waals surface area contributed by atoms with Crippen LogP contribution in [0.15, 0.2) is 18.2 Å². The standard InChI is InChI=1S/C20H26N2O4/c1-5-11-26-17-8-7-15(21(17)4)19(23)18-13(3)12-16-14(9-10-22(16)18)20(24)25-6-2/h7-8,12,14H,5-6,9-11H2,1-4H3. The number of fused-ring (bicyclic) bond motifs is 1. The van der Waals surface area contributed by atoms with Gasteiger partial charge in [-0.2, -0.15) is 0 Å². The number of aromatic nitrogens is 2. The Morgan fingerprint density at radius 3 is 2.73 bits per heavy atom. The van der Waals surface area contributed by atoms with Gasteiger partial charge in [-0.3, -0.25) is 9.59 Å². The Morgan fingerprint density at radius 2 is 2.04 bits per heavy atom. The maximum absolute atomic E-state index is 13.2. The van der Waals surface area contributed by atoms with E-state index >= 15 is 0 Å². The highest BCUT2D eigenvalue weighted by Gasteiger charge is 2.34. The molecule has 0 spiro atoms. The Bertz CT molecular complexity index is 831. The molecule has 6 heteroatoms. The average Bonchev–Trinajstić information content (AvgIpc) is 3.26. The number of ketones is 1. The lowest BCUT2D eigenvalue weighted by molar-refractivity contribution is -0.144. The summed E-state index contributed by atoms with van der Waals surface area (Å²) in [6.07, 6.45) is 1.59. The maximum Gasteiger partial charge on any atom is 0.315 e. The second-order valence-electron chi connectivity index (χ2n) is 6.64. The van der Waals surface area contributed by atoms with E-state index in [0.717, 1.165) is 17.7 Å². The molecule has 140 valence electrons. The van der Waals surface area contributed by atoms with E-state index in [4.69, 9.17) is 9.47 Å². The van der Waals surface area contributed by atoms with Crippen molar-refractivity contribution in [1.29, 1.82) is 0 Å². The van der Waals surface area contributed by atoms with Crippen LogP contribution in [-0.2, 0) is 23.1 Å². The fourth-order valence-electron chi connectivity index (χ4n) is 3.62. The van der Waals surface area contributed by atoms with Gasteiger partial charge in [0.2, 0.25) is 5.78 Å². The molecule has 0 amide bonds. The third kappa shape index (κ3) is 3.04. The van der Waals surface area contributed by atoms with Crippen molar-refractivity contribution in [1.82, 2.24) is 9.13 Å². The molecule has 6 nitrogen and oxygen atoms in total. The smallest absolute Gasteiger partial charge is 0.315 e. The SMILES string of the molecule is CCCOc1ccc(C(=O)c2c(C)cc3n2CCC3C(=O)OCC)n1C. The number of hydrogen-bond donors (Lipinski definition) is 0. The normalized spacial score (nSPS) is 15.8. The van der Waals surface area contributed by atoms with Crippen molar-refractivity contribution in [3.05, 3.63) is 40.8 Å². The monoisotopic (exact) mass is 358 g/mol. The van der Waals surface area contributed by atoms with Crippen LogP contribution < -0.4 is 4.74 Å². The molecule has 2 aromatic heterocycles. The second kappa shape index (κ2) is 7.40. The first-order valence-corrected chi connectivity index (χ1v) is 9.19. The number of nitrogens with zero attached hydrogens (tertiary/aromatic N) is 2. The molecule has 1 aliphatic heterocycles. The molecular weight excluding hydrogens is 332 g/mol. The number of rotatable bonds is 7. The van der Waals surface area contributed by atoms with Crippen LogP contribution >= 0.6 is 0 Å². The van der Waals surface area contributed by atoms with E-state index in [2.05, 4.69) is 0 Å². The van der Waals surface area contributed by atoms with Gasteiger partial charge < -0.3 is 18.6 Å². The van der Waals surface area contributed by atoms with Crippen LogP contribution in [0.2, 0.25) is 0 Å². The van der Waals surface area contributed by atoms with Crippen LogP contribution in [0.4, 0.5) is 0 Å². The molecular formula is C20H26N2O4. The van der Waals surface area contributed by atoms with E-state index in [1.807, 2.05) is 37.6 Å². The zero-order valence-corrected chi connectivity index (χ0v) is 15.9. The van der Waals surface area contributed by atoms with E-state index in [1.165, 1.54) is 0 Å². The molecule has 0 radical (unpaired) electrons. The van der Waals surface area contributed by atoms with Gasteiger partial charge in [0.15, 0.2) is 5.88 Å². The first-order chi connectivity index (χ1) is 12.5. The summed E-state index contributed by atoms with van der Waals surface area (Å²) >= 11 is 0. The summed E-state index contributed by atoms with van der Waals surface area (Å²) in [6.45, 7) is 7.40. The summed E-state index contributed by atoms with van der Waals surface area (Å²) < 4.78 is 14.6. The van der Waals surface area contributed by atoms with E-state index in [0.29, 0.717) is 43.4 Å². The van der Waals surface area contributed by atoms with Crippen molar-refractivity contribution in [2.45, 2.75) is 46.1 Å². The lowest BCUT2D eigenvalue weighted by Crippen LogP contribution is -2.15. The largest absolute Gasteiger partial charge is 0.479 e. The minimum absolute atomic E-state index is 0.0490. The molecule has 0 saturated carbocycles. The molecule has 0 saturated heterocycles. The topological polar surface area (TPSA) is 62.5 Å². The molecule has 2 aromatic rings. The summed E-state index contributed by atoms with van der Waals surface area (Å²) in [5.74, 6) is 0.140. The van der Waals surface area contributed by atoms with Gasteiger partial charge in [0.1, 0.15) is 0 Å². The van der Waals surface area contributed by atoms with Gasteiger partial charge in [0.05, 0.1) is 30.5 Å². The third-order valence-corrected chi connectivity index (χ3v) is 4.87. The molecule has 0 N–H and O–H groups in total. The fraction of sp³-hybridized carbons (Fsp3) is 0.500. The molecule has 1 unspecified atom stereocenters. The Kier molecular flexibility index (Phi) is 5.20. The van der Waals surface area contributed by atoms with E-state index in [9.17, 15) is 9.59 Å². The molecule has 3 rings (SSSR count). The van der Waals surface area contributed by atoms with Crippen molar-refractivity contribution < 1.29 is 19.1 Å². The Hall–Kier alpha value is -2.50. The number of hydrogen-bond acceptors (Lipinski definition) is 4. The highest BCUT2D eigenvalue weighted by molar-refractivity contribution is 6.08. The van der Waals surface area contributed by atoms with Gasteiger partial charge in [0.25, 0.3) is 0 Å². The summed E-state index contributed by atoms with van der Waals surface area (Å²) in [5.41, 5.74) is 2.99. The summed E-state index contributed by atoms with van der Waals surface area (Å²) in [7, 11) is 1.84. The van der Waals surface area contributed by atoms with Gasteiger partial charge in [-0.05, 0) is 44.4 Å². The predicted molar refractivity (Wildman–Crippen MR) is 97.8 cm³/mol. The van der Waals surface area contributed by atoms with Crippen LogP contribution in [0.1, 0.15) is 60.0 Å². The minimum Gasteiger partial charge on any atom is -0.479 e. The molecule has 0 aliphatic carbocycles. The summed E-state index contributed by atoms with van der Waals surface area (Å²) in [4.78, 5) is 25.4. The quantitative estimate of drug-likeness (QED) is 0.563. The average molecular weight is 358 g/mol. The van der Waals surface area contributed by atoms with Crippen LogP contribution in [0.3, 0.4) is 0 Å². The summed E-state index contributed by atoms with van der Waals surface area (Å²) in [6, 6.07) is 5.57. The van der Waals surface area contributed by atoms with E-state index in [-0.39, 0.29) is 17.7 Å². The van der Waals surface area contributed by atoms with Crippen molar-refractivity contribution in [2.24, 2.45) is 7.05 Å². The van der Waals surface area contributed by atoms with Gasteiger partial charge in [-0.25, -0.2) is 0 Å². The maximum atomic E-state index is 13.2. The van der Waals surface area contributed by atoms with Gasteiger partial charge in [-0.1, -0.05) is 6.92 Å². The minimum atomic E-state index is -0.285. The molecule has 0 aromatic carbocycles. The highest BCUT2D eigenvalue weighted by Crippen LogP contribution is 2.34. The van der Waals surface area contributed by atoms with Crippen LogP contribution in [0.25, 0.3) is 0 Å². The highest BCUT2D eigenvalue weighted by atomic mass is 16.5. The van der Waals surface area contributed by atoms with Crippen molar-refractivity contribution in [3.8, 4) is 5.88 Å². The first-order valence-electron chi connectivity index (χ1n) is 9.19. The van der Waals surface area contributed by atoms with E-state index in [1.54, 1.807) is 17.6 Å². The predicted octanol–water partition coefficient (Wildman–Crippen LogP) is 3.21. The Labute approximate surface area is 153 Å².